The van der Waals surface area contributed by atoms with Gasteiger partial charge in [0.25, 0.3) is 6.43 Å². The van der Waals surface area contributed by atoms with Gasteiger partial charge in [-0.05, 0) is 31.1 Å². The summed E-state index contributed by atoms with van der Waals surface area (Å²) in [4.78, 5) is 29.4. The highest BCUT2D eigenvalue weighted by molar-refractivity contribution is 5.84. The summed E-state index contributed by atoms with van der Waals surface area (Å²) in [5.41, 5.74) is 6.38. The molecule has 2 saturated heterocycles. The Morgan fingerprint density at radius 1 is 1.02 bits per heavy atom. The van der Waals surface area contributed by atoms with Crippen molar-refractivity contribution in [2.24, 2.45) is 10.7 Å². The standard InChI is InChI=1S/C29H38F2N10O3/c1-38(9-4-10-39-11-15-43-16-12-39)22-7-8-29(32,19-33-22)26-35-27(40-13-17-44-18-14-40)37-28(36-26)41-20-5-3-6-21(42-2)23(20)34-25(41)24(30)31/h3,5-7,19,24H,4,8-18,32H2,1-2H3. The van der Waals surface area contributed by atoms with Gasteiger partial charge in [0, 0.05) is 52.5 Å². The van der Waals surface area contributed by atoms with E-state index in [1.807, 2.05) is 18.0 Å². The Kier molecular flexibility index (Phi) is 8.98. The van der Waals surface area contributed by atoms with Crippen LogP contribution >= 0.6 is 0 Å². The van der Waals surface area contributed by atoms with Crippen LogP contribution in [0.3, 0.4) is 0 Å². The van der Waals surface area contributed by atoms with Gasteiger partial charge in [-0.3, -0.25) is 9.47 Å². The van der Waals surface area contributed by atoms with Crippen LogP contribution in [0.15, 0.2) is 35.1 Å². The van der Waals surface area contributed by atoms with Crippen molar-refractivity contribution < 1.29 is 23.0 Å². The third-order valence-corrected chi connectivity index (χ3v) is 8.12. The normalized spacial score (nSPS) is 21.2. The fourth-order valence-electron chi connectivity index (χ4n) is 5.60. The molecule has 3 aliphatic rings. The molecule has 0 aliphatic carbocycles. The molecule has 1 atom stereocenters. The first-order valence-electron chi connectivity index (χ1n) is 14.8. The summed E-state index contributed by atoms with van der Waals surface area (Å²) in [6.07, 6.45) is 2.08. The number of nitrogens with two attached hydrogens (primary N) is 1. The van der Waals surface area contributed by atoms with Gasteiger partial charge in [0.2, 0.25) is 11.9 Å². The number of ether oxygens (including phenoxy) is 3. The molecule has 0 bridgehead atoms. The molecular weight excluding hydrogens is 574 g/mol. The second kappa shape index (κ2) is 13.1. The quantitative estimate of drug-likeness (QED) is 0.361. The first kappa shape index (κ1) is 30.2. The van der Waals surface area contributed by atoms with Gasteiger partial charge in [-0.1, -0.05) is 6.07 Å². The number of hydrogen-bond acceptors (Lipinski definition) is 12. The van der Waals surface area contributed by atoms with Crippen molar-refractivity contribution in [3.63, 3.8) is 0 Å². The Hall–Kier alpha value is -3.79. The minimum absolute atomic E-state index is 0.00391. The van der Waals surface area contributed by atoms with E-state index < -0.39 is 17.8 Å². The Labute approximate surface area is 254 Å². The molecule has 3 aromatic rings. The molecule has 2 aromatic heterocycles. The summed E-state index contributed by atoms with van der Waals surface area (Å²) in [5, 5.41) is 0. The lowest BCUT2D eigenvalue weighted by Gasteiger charge is -2.31. The summed E-state index contributed by atoms with van der Waals surface area (Å²) in [6, 6.07) is 5.06. The molecule has 0 amide bonds. The van der Waals surface area contributed by atoms with Gasteiger partial charge in [-0.15, -0.1) is 0 Å². The monoisotopic (exact) mass is 612 g/mol. The molecule has 0 saturated carbocycles. The van der Waals surface area contributed by atoms with Crippen LogP contribution in [0.25, 0.3) is 17.0 Å². The molecule has 5 heterocycles. The molecule has 44 heavy (non-hydrogen) atoms. The van der Waals surface area contributed by atoms with E-state index in [0.29, 0.717) is 49.9 Å². The number of aliphatic imine (C=N–C) groups is 1. The van der Waals surface area contributed by atoms with Crippen LogP contribution in [-0.4, -0.2) is 120 Å². The number of methoxy groups -OCH3 is 1. The number of alkyl halides is 2. The van der Waals surface area contributed by atoms with Gasteiger partial charge >= 0.3 is 0 Å². The van der Waals surface area contributed by atoms with E-state index in [2.05, 4.69) is 24.8 Å². The molecule has 1 unspecified atom stereocenters. The topological polar surface area (TPSA) is 132 Å². The number of para-hydroxylation sites is 1. The molecular formula is C29H38F2N10O3. The van der Waals surface area contributed by atoms with Crippen LogP contribution in [0.5, 0.6) is 5.75 Å². The zero-order chi connectivity index (χ0) is 30.7. The molecule has 6 rings (SSSR count). The number of hydrogen-bond donors (Lipinski definition) is 1. The van der Waals surface area contributed by atoms with E-state index in [4.69, 9.17) is 29.9 Å². The number of imidazole rings is 1. The van der Waals surface area contributed by atoms with E-state index in [1.54, 1.807) is 24.4 Å². The van der Waals surface area contributed by atoms with Crippen molar-refractivity contribution in [3.8, 4) is 11.7 Å². The highest BCUT2D eigenvalue weighted by Gasteiger charge is 2.34. The molecule has 236 valence electrons. The number of morpholine rings is 2. The van der Waals surface area contributed by atoms with E-state index in [0.717, 1.165) is 51.6 Å². The minimum Gasteiger partial charge on any atom is -0.494 e. The van der Waals surface area contributed by atoms with E-state index in [1.165, 1.54) is 11.7 Å². The van der Waals surface area contributed by atoms with Gasteiger partial charge in [0.15, 0.2) is 11.6 Å². The van der Waals surface area contributed by atoms with Crippen LogP contribution in [-0.2, 0) is 15.0 Å². The smallest absolute Gasteiger partial charge is 0.296 e. The average molecular weight is 613 g/mol. The Bertz CT molecular complexity index is 1520. The molecule has 0 radical (unpaired) electrons. The van der Waals surface area contributed by atoms with Crippen molar-refractivity contribution >= 4 is 23.2 Å². The zero-order valence-corrected chi connectivity index (χ0v) is 25.0. The summed E-state index contributed by atoms with van der Waals surface area (Å²) < 4.78 is 46.4. The lowest BCUT2D eigenvalue weighted by atomic mass is 9.95. The van der Waals surface area contributed by atoms with Crippen molar-refractivity contribution in [3.05, 3.63) is 41.7 Å². The summed E-state index contributed by atoms with van der Waals surface area (Å²) in [5.74, 6) is 1.22. The summed E-state index contributed by atoms with van der Waals surface area (Å²) >= 11 is 0. The first-order chi connectivity index (χ1) is 21.4. The van der Waals surface area contributed by atoms with Crippen molar-refractivity contribution in [1.29, 1.82) is 0 Å². The van der Waals surface area contributed by atoms with Crippen molar-refractivity contribution in [1.82, 2.24) is 34.3 Å². The van der Waals surface area contributed by atoms with Crippen LogP contribution in [0.2, 0.25) is 0 Å². The number of anilines is 1. The Balaban J connectivity index is 1.31. The lowest BCUT2D eigenvalue weighted by molar-refractivity contribution is 0.0367. The highest BCUT2D eigenvalue weighted by Crippen LogP contribution is 2.33. The fourth-order valence-corrected chi connectivity index (χ4v) is 5.60. The SMILES string of the molecule is COc1cccc2c1nc(C(F)F)n2-c1nc(N2CCOCC2)nc(C2(N)C=NC(N(C)CCCN3CCOCC3)=CC2)n1. The van der Waals surface area contributed by atoms with Gasteiger partial charge in [-0.2, -0.15) is 15.0 Å². The molecule has 3 aliphatic heterocycles. The van der Waals surface area contributed by atoms with Gasteiger partial charge in [0.1, 0.15) is 22.6 Å². The lowest BCUT2D eigenvalue weighted by Crippen LogP contribution is -2.44. The molecule has 13 nitrogen and oxygen atoms in total. The van der Waals surface area contributed by atoms with Crippen LogP contribution < -0.4 is 15.4 Å². The fraction of sp³-hybridized carbons (Fsp3) is 0.552. The van der Waals surface area contributed by atoms with Gasteiger partial charge in [0.05, 0.1) is 39.1 Å². The third-order valence-electron chi connectivity index (χ3n) is 8.12. The maximum absolute atomic E-state index is 14.4. The van der Waals surface area contributed by atoms with Gasteiger partial charge < -0.3 is 29.7 Å². The second-order valence-corrected chi connectivity index (χ2v) is 11.1. The molecule has 0 spiro atoms. The molecule has 2 fully saturated rings. The number of fused-ring (bicyclic) bond motifs is 1. The number of rotatable bonds is 10. The van der Waals surface area contributed by atoms with E-state index in [-0.39, 0.29) is 17.3 Å². The van der Waals surface area contributed by atoms with E-state index >= 15 is 0 Å². The predicted molar refractivity (Wildman–Crippen MR) is 161 cm³/mol. The third kappa shape index (κ3) is 6.22. The first-order valence-corrected chi connectivity index (χ1v) is 14.8. The summed E-state index contributed by atoms with van der Waals surface area (Å²) in [6.45, 7) is 7.37. The number of aromatic nitrogens is 5. The van der Waals surface area contributed by atoms with E-state index in [9.17, 15) is 8.78 Å². The number of nitrogens with zero attached hydrogens (tertiary/aromatic N) is 9. The number of benzene rings is 1. The highest BCUT2D eigenvalue weighted by atomic mass is 19.3. The van der Waals surface area contributed by atoms with Crippen LogP contribution in [0, 0.1) is 0 Å². The Morgan fingerprint density at radius 2 is 1.75 bits per heavy atom. The second-order valence-electron chi connectivity index (χ2n) is 11.1. The Morgan fingerprint density at radius 3 is 2.43 bits per heavy atom. The largest absolute Gasteiger partial charge is 0.494 e. The van der Waals surface area contributed by atoms with Crippen molar-refractivity contribution in [2.45, 2.75) is 24.8 Å². The van der Waals surface area contributed by atoms with Crippen LogP contribution in [0.1, 0.15) is 30.9 Å². The maximum Gasteiger partial charge on any atom is 0.296 e. The van der Waals surface area contributed by atoms with Crippen LogP contribution in [0.4, 0.5) is 14.7 Å². The molecule has 15 heteroatoms. The predicted octanol–water partition coefficient (Wildman–Crippen LogP) is 2.12. The maximum atomic E-state index is 14.4. The van der Waals surface area contributed by atoms with Gasteiger partial charge in [-0.25, -0.2) is 18.8 Å². The zero-order valence-electron chi connectivity index (χ0n) is 25.0. The molecule has 1 aromatic carbocycles. The summed E-state index contributed by atoms with van der Waals surface area (Å²) in [7, 11) is 3.48. The minimum atomic E-state index is -2.90. The van der Waals surface area contributed by atoms with Crippen molar-refractivity contribution in [2.75, 3.05) is 84.8 Å². The molecule has 2 N–H and O–H groups in total. The average Bonchev–Trinajstić information content (AvgIpc) is 3.46. The number of halogens is 2.